The maximum absolute atomic E-state index is 11.9. The van der Waals surface area contributed by atoms with Gasteiger partial charge >= 0.3 is 6.09 Å². The van der Waals surface area contributed by atoms with Gasteiger partial charge in [-0.3, -0.25) is 0 Å². The molecule has 1 unspecified atom stereocenters. The van der Waals surface area contributed by atoms with E-state index in [2.05, 4.69) is 14.9 Å². The molecule has 9 heteroatoms. The SMILES string of the molecule is CC(C)(C)OC(=O)N(CCN1CCC(N=[N+]=[N-])C1)OCO. The van der Waals surface area contributed by atoms with Crippen LogP contribution in [0.2, 0.25) is 0 Å². The quantitative estimate of drug-likeness (QED) is 0.263. The minimum atomic E-state index is -0.637. The highest BCUT2D eigenvalue weighted by Crippen LogP contribution is 2.14. The Morgan fingerprint density at radius 2 is 2.29 bits per heavy atom. The molecular weight excluding hydrogens is 278 g/mol. The van der Waals surface area contributed by atoms with Crippen LogP contribution < -0.4 is 0 Å². The monoisotopic (exact) mass is 301 g/mol. The van der Waals surface area contributed by atoms with Crippen molar-refractivity contribution in [3.8, 4) is 0 Å². The Bertz CT molecular complexity index is 392. The molecule has 1 fully saturated rings. The van der Waals surface area contributed by atoms with Gasteiger partial charge in [0.05, 0.1) is 12.6 Å². The van der Waals surface area contributed by atoms with Crippen LogP contribution in [0.3, 0.4) is 0 Å². The Kier molecular flexibility index (Phi) is 6.70. The zero-order valence-corrected chi connectivity index (χ0v) is 12.7. The molecule has 1 N–H and O–H groups in total. The number of hydrogen-bond donors (Lipinski definition) is 1. The molecule has 1 heterocycles. The number of carbonyl (C=O) groups excluding carboxylic acids is 1. The van der Waals surface area contributed by atoms with E-state index >= 15 is 0 Å². The summed E-state index contributed by atoms with van der Waals surface area (Å²) < 4.78 is 5.19. The normalized spacial score (nSPS) is 19.1. The molecule has 0 aromatic carbocycles. The molecule has 1 saturated heterocycles. The van der Waals surface area contributed by atoms with Gasteiger partial charge in [-0.15, -0.1) is 0 Å². The predicted octanol–water partition coefficient (Wildman–Crippen LogP) is 1.49. The number of hydroxylamine groups is 2. The van der Waals surface area contributed by atoms with Crippen molar-refractivity contribution in [3.05, 3.63) is 10.4 Å². The summed E-state index contributed by atoms with van der Waals surface area (Å²) in [4.78, 5) is 21.7. The number of ether oxygens (including phenoxy) is 1. The molecule has 1 aliphatic rings. The Balaban J connectivity index is 2.44. The van der Waals surface area contributed by atoms with Crippen LogP contribution in [0.25, 0.3) is 10.4 Å². The highest BCUT2D eigenvalue weighted by Gasteiger charge is 2.25. The van der Waals surface area contributed by atoms with Crippen LogP contribution in [0, 0.1) is 0 Å². The maximum atomic E-state index is 11.9. The van der Waals surface area contributed by atoms with E-state index in [1.807, 2.05) is 0 Å². The van der Waals surface area contributed by atoms with Gasteiger partial charge in [0.1, 0.15) is 5.60 Å². The molecule has 9 nitrogen and oxygen atoms in total. The van der Waals surface area contributed by atoms with Crippen LogP contribution in [0.5, 0.6) is 0 Å². The molecule has 1 atom stereocenters. The lowest BCUT2D eigenvalue weighted by molar-refractivity contribution is -0.194. The van der Waals surface area contributed by atoms with Gasteiger partial charge in [0.2, 0.25) is 0 Å². The van der Waals surface area contributed by atoms with Crippen molar-refractivity contribution in [2.75, 3.05) is 33.0 Å². The molecule has 1 amide bonds. The lowest BCUT2D eigenvalue weighted by atomic mass is 10.2. The van der Waals surface area contributed by atoms with Gasteiger partial charge in [-0.2, -0.15) is 5.06 Å². The van der Waals surface area contributed by atoms with E-state index in [1.54, 1.807) is 20.8 Å². The Morgan fingerprint density at radius 3 is 2.86 bits per heavy atom. The number of hydrogen-bond acceptors (Lipinski definition) is 6. The third kappa shape index (κ3) is 6.63. The summed E-state index contributed by atoms with van der Waals surface area (Å²) in [5, 5.41) is 13.5. The van der Waals surface area contributed by atoms with Gasteiger partial charge in [0.25, 0.3) is 0 Å². The molecule has 0 saturated carbocycles. The minimum Gasteiger partial charge on any atom is -0.442 e. The van der Waals surface area contributed by atoms with Gasteiger partial charge in [0.15, 0.2) is 6.79 Å². The number of likely N-dealkylation sites (tertiary alicyclic amines) is 1. The molecule has 0 bridgehead atoms. The van der Waals surface area contributed by atoms with E-state index in [4.69, 9.17) is 20.2 Å². The highest BCUT2D eigenvalue weighted by molar-refractivity contribution is 5.66. The zero-order chi connectivity index (χ0) is 15.9. The van der Waals surface area contributed by atoms with Crippen LogP contribution in [0.4, 0.5) is 4.79 Å². The molecule has 0 aliphatic carbocycles. The fraction of sp³-hybridized carbons (Fsp3) is 0.917. The highest BCUT2D eigenvalue weighted by atomic mass is 16.8. The summed E-state index contributed by atoms with van der Waals surface area (Å²) in [6, 6.07) is -0.0243. The minimum absolute atomic E-state index is 0.0243. The maximum Gasteiger partial charge on any atom is 0.434 e. The van der Waals surface area contributed by atoms with E-state index in [1.165, 1.54) is 0 Å². The lowest BCUT2D eigenvalue weighted by Gasteiger charge is -2.27. The second-order valence-electron chi connectivity index (χ2n) is 5.79. The molecule has 1 rings (SSSR count). The van der Waals surface area contributed by atoms with Crippen LogP contribution in [-0.2, 0) is 9.57 Å². The summed E-state index contributed by atoms with van der Waals surface area (Å²) in [5.74, 6) is 0. The average Bonchev–Trinajstić information content (AvgIpc) is 2.80. The van der Waals surface area contributed by atoms with Crippen molar-refractivity contribution in [2.24, 2.45) is 5.11 Å². The van der Waals surface area contributed by atoms with Crippen LogP contribution in [-0.4, -0.2) is 65.8 Å². The second-order valence-corrected chi connectivity index (χ2v) is 5.79. The summed E-state index contributed by atoms with van der Waals surface area (Å²) >= 11 is 0. The number of nitrogens with zero attached hydrogens (tertiary/aromatic N) is 5. The van der Waals surface area contributed by atoms with Crippen molar-refractivity contribution in [1.82, 2.24) is 9.96 Å². The van der Waals surface area contributed by atoms with Crippen LogP contribution in [0.1, 0.15) is 27.2 Å². The third-order valence-electron chi connectivity index (χ3n) is 2.89. The topological polar surface area (TPSA) is 111 Å². The molecule has 0 aromatic heterocycles. The van der Waals surface area contributed by atoms with Crippen LogP contribution >= 0.6 is 0 Å². The molecule has 0 aromatic rings. The fourth-order valence-electron chi connectivity index (χ4n) is 2.01. The van der Waals surface area contributed by atoms with E-state index in [0.717, 1.165) is 18.0 Å². The molecule has 0 spiro atoms. The lowest BCUT2D eigenvalue weighted by Crippen LogP contribution is -2.41. The molecular formula is C12H23N5O4. The fourth-order valence-corrected chi connectivity index (χ4v) is 2.01. The first kappa shape index (κ1) is 17.5. The molecule has 21 heavy (non-hydrogen) atoms. The van der Waals surface area contributed by atoms with Crippen molar-refractivity contribution >= 4 is 6.09 Å². The van der Waals surface area contributed by atoms with Crippen molar-refractivity contribution in [1.29, 1.82) is 0 Å². The summed E-state index contributed by atoms with van der Waals surface area (Å²) in [6.07, 6.45) is 0.166. The number of amides is 1. The zero-order valence-electron chi connectivity index (χ0n) is 12.7. The van der Waals surface area contributed by atoms with Crippen molar-refractivity contribution in [3.63, 3.8) is 0 Å². The average molecular weight is 301 g/mol. The molecule has 0 radical (unpaired) electrons. The van der Waals surface area contributed by atoms with E-state index in [0.29, 0.717) is 13.1 Å². The third-order valence-corrected chi connectivity index (χ3v) is 2.89. The molecule has 1 aliphatic heterocycles. The summed E-state index contributed by atoms with van der Waals surface area (Å²) in [6.45, 7) is 6.94. The predicted molar refractivity (Wildman–Crippen MR) is 75.1 cm³/mol. The number of aliphatic hydroxyl groups is 1. The number of rotatable bonds is 6. The van der Waals surface area contributed by atoms with E-state index in [-0.39, 0.29) is 12.6 Å². The first-order valence-corrected chi connectivity index (χ1v) is 6.86. The van der Waals surface area contributed by atoms with Gasteiger partial charge < -0.3 is 14.7 Å². The second kappa shape index (κ2) is 8.04. The smallest absolute Gasteiger partial charge is 0.434 e. The van der Waals surface area contributed by atoms with Gasteiger partial charge in [0, 0.05) is 18.0 Å². The van der Waals surface area contributed by atoms with Gasteiger partial charge in [-0.1, -0.05) is 5.11 Å². The Hall–Kier alpha value is -1.54. The van der Waals surface area contributed by atoms with E-state index < -0.39 is 18.5 Å². The Morgan fingerprint density at radius 1 is 1.57 bits per heavy atom. The number of aliphatic hydroxyl groups excluding tert-OH is 1. The summed E-state index contributed by atoms with van der Waals surface area (Å²) in [7, 11) is 0. The van der Waals surface area contributed by atoms with Crippen molar-refractivity contribution in [2.45, 2.75) is 38.8 Å². The number of carbonyl (C=O) groups is 1. The van der Waals surface area contributed by atoms with Crippen molar-refractivity contribution < 1.29 is 19.5 Å². The van der Waals surface area contributed by atoms with E-state index in [9.17, 15) is 4.79 Å². The largest absolute Gasteiger partial charge is 0.442 e. The van der Waals surface area contributed by atoms with Crippen LogP contribution in [0.15, 0.2) is 5.11 Å². The first-order chi connectivity index (χ1) is 9.85. The van der Waals surface area contributed by atoms with Gasteiger partial charge in [-0.25, -0.2) is 9.63 Å². The summed E-state index contributed by atoms with van der Waals surface area (Å²) in [5.41, 5.74) is 7.77. The number of azide groups is 1. The Labute approximate surface area is 124 Å². The standard InChI is InChI=1S/C12H23N5O4/c1-12(2,3)21-11(19)17(20-9-18)7-6-16-5-4-10(8-16)14-15-13/h10,18H,4-9H2,1-3H3. The van der Waals surface area contributed by atoms with Gasteiger partial charge in [-0.05, 0) is 39.3 Å². The molecule has 120 valence electrons. The first-order valence-electron chi connectivity index (χ1n) is 6.86.